The molecule has 3 rings (SSSR count). The van der Waals surface area contributed by atoms with Crippen LogP contribution in [0.15, 0.2) is 18.6 Å². The fraction of sp³-hybridized carbons (Fsp3) is 0.838. The summed E-state index contributed by atoms with van der Waals surface area (Å²) < 4.78 is 16.1. The third-order valence-corrected chi connectivity index (χ3v) is 9.15. The minimum atomic E-state index is -0.851. The summed E-state index contributed by atoms with van der Waals surface area (Å²) in [7, 11) is 0. The topological polar surface area (TPSA) is 74.3 Å². The molecule has 2 aromatic heterocycles. The van der Waals surface area contributed by atoms with Gasteiger partial charge in [-0.3, -0.25) is 0 Å². The summed E-state index contributed by atoms with van der Waals surface area (Å²) in [5.74, 6) is 1.37. The number of unbranched alkanes of at least 4 members (excludes halogenated alkanes) is 18. The molecule has 2 atom stereocenters. The molecule has 0 radical (unpaired) electrons. The van der Waals surface area contributed by atoms with Crippen LogP contribution in [-0.4, -0.2) is 37.1 Å². The Bertz CT molecular complexity index is 952. The molecule has 0 saturated carbocycles. The van der Waals surface area contributed by atoms with Gasteiger partial charge in [-0.25, -0.2) is 9.97 Å². The first-order valence-corrected chi connectivity index (χ1v) is 18.7. The minimum Gasteiger partial charge on any atom is -0.377 e. The Kier molecular flexibility index (Phi) is 19.7. The van der Waals surface area contributed by atoms with E-state index in [1.54, 1.807) is 0 Å². The fourth-order valence-corrected chi connectivity index (χ4v) is 6.39. The van der Waals surface area contributed by atoms with Crippen molar-refractivity contribution >= 4 is 0 Å². The third-order valence-electron chi connectivity index (χ3n) is 9.15. The molecule has 0 spiro atoms. The number of aryl methyl sites for hydroxylation is 2. The Balaban J connectivity index is 1.48. The predicted molar refractivity (Wildman–Crippen MR) is 181 cm³/mol. The summed E-state index contributed by atoms with van der Waals surface area (Å²) in [6, 6.07) is 0. The van der Waals surface area contributed by atoms with E-state index < -0.39 is 6.10 Å². The molecule has 252 valence electrons. The van der Waals surface area contributed by atoms with E-state index in [0.717, 1.165) is 57.5 Å². The van der Waals surface area contributed by atoms with Crippen LogP contribution in [0.3, 0.4) is 0 Å². The number of aliphatic hydroxyl groups is 1. The first-order valence-electron chi connectivity index (χ1n) is 18.7. The van der Waals surface area contributed by atoms with E-state index >= 15 is 0 Å². The van der Waals surface area contributed by atoms with Crippen molar-refractivity contribution in [2.75, 3.05) is 6.61 Å². The van der Waals surface area contributed by atoms with Gasteiger partial charge in [-0.05, 0) is 32.1 Å². The van der Waals surface area contributed by atoms with E-state index in [1.165, 1.54) is 116 Å². The smallest absolute Gasteiger partial charge is 0.169 e. The van der Waals surface area contributed by atoms with Gasteiger partial charge >= 0.3 is 0 Å². The summed E-state index contributed by atoms with van der Waals surface area (Å²) in [5, 5.41) is 11.6. The van der Waals surface area contributed by atoms with Crippen molar-refractivity contribution in [3.05, 3.63) is 35.9 Å². The van der Waals surface area contributed by atoms with E-state index in [-0.39, 0.29) is 6.29 Å². The second kappa shape index (κ2) is 23.6. The van der Waals surface area contributed by atoms with Gasteiger partial charge < -0.3 is 23.7 Å². The summed E-state index contributed by atoms with van der Waals surface area (Å²) >= 11 is 0. The molecule has 1 saturated heterocycles. The van der Waals surface area contributed by atoms with Gasteiger partial charge in [-0.15, -0.1) is 0 Å². The molecule has 0 amide bonds. The molecule has 1 fully saturated rings. The molecule has 44 heavy (non-hydrogen) atoms. The van der Waals surface area contributed by atoms with Gasteiger partial charge in [-0.2, -0.15) is 0 Å². The molecule has 1 aliphatic heterocycles. The highest BCUT2D eigenvalue weighted by Crippen LogP contribution is 2.24. The molecule has 2 aromatic rings. The fourth-order valence-electron chi connectivity index (χ4n) is 6.39. The Morgan fingerprint density at radius 1 is 0.750 bits per heavy atom. The maximum absolute atomic E-state index is 11.6. The van der Waals surface area contributed by atoms with Crippen LogP contribution in [0, 0.1) is 0 Å². The Morgan fingerprint density at radius 3 is 1.84 bits per heavy atom. The number of nitrogens with zero attached hydrogens (tertiary/aromatic N) is 4. The van der Waals surface area contributed by atoms with Crippen LogP contribution in [0.2, 0.25) is 0 Å². The van der Waals surface area contributed by atoms with Crippen molar-refractivity contribution in [2.24, 2.45) is 0 Å². The molecule has 7 nitrogen and oxygen atoms in total. The molecule has 7 heteroatoms. The second-order valence-corrected chi connectivity index (χ2v) is 13.1. The highest BCUT2D eigenvalue weighted by molar-refractivity contribution is 5.14. The zero-order chi connectivity index (χ0) is 31.1. The lowest BCUT2D eigenvalue weighted by atomic mass is 10.1. The van der Waals surface area contributed by atoms with Crippen molar-refractivity contribution < 1.29 is 14.6 Å². The van der Waals surface area contributed by atoms with E-state index in [0.29, 0.717) is 18.3 Å². The lowest BCUT2D eigenvalue weighted by Gasteiger charge is -2.22. The number of imidazole rings is 2. The van der Waals surface area contributed by atoms with Gasteiger partial charge in [-0.1, -0.05) is 129 Å². The second-order valence-electron chi connectivity index (χ2n) is 13.1. The maximum Gasteiger partial charge on any atom is 0.169 e. The van der Waals surface area contributed by atoms with Gasteiger partial charge in [0.1, 0.15) is 11.6 Å². The molecule has 1 aliphatic rings. The molecular weight excluding hydrogens is 548 g/mol. The molecule has 3 heterocycles. The lowest BCUT2D eigenvalue weighted by molar-refractivity contribution is -0.169. The number of aliphatic hydroxyl groups excluding tert-OH is 1. The quantitative estimate of drug-likeness (QED) is 0.101. The van der Waals surface area contributed by atoms with Gasteiger partial charge in [0, 0.05) is 38.3 Å². The largest absolute Gasteiger partial charge is 0.377 e. The number of rotatable bonds is 27. The molecule has 0 aromatic carbocycles. The standard InChI is InChI=1S/C37H66N4O3/c1-3-5-7-9-11-13-15-17-19-22-27-40-29-26-38-36(40)35(42)37-39-33(32-44-34-25-21-24-30-43-34)31-41(37)28-23-20-18-16-14-12-10-8-6-4-2/h26,29,31,34-35,42H,3-25,27-28,30,32H2,1-2H3. The molecule has 2 unspecified atom stereocenters. The monoisotopic (exact) mass is 615 g/mol. The summed E-state index contributed by atoms with van der Waals surface area (Å²) in [4.78, 5) is 9.48. The van der Waals surface area contributed by atoms with Crippen molar-refractivity contribution in [2.45, 2.75) is 194 Å². The van der Waals surface area contributed by atoms with Crippen molar-refractivity contribution in [3.8, 4) is 0 Å². The van der Waals surface area contributed by atoms with Gasteiger partial charge in [0.2, 0.25) is 0 Å². The molecule has 1 N–H and O–H groups in total. The van der Waals surface area contributed by atoms with E-state index in [4.69, 9.17) is 14.5 Å². The number of hydrogen-bond donors (Lipinski definition) is 1. The first kappa shape index (κ1) is 36.8. The van der Waals surface area contributed by atoms with Crippen molar-refractivity contribution in [1.82, 2.24) is 19.1 Å². The summed E-state index contributed by atoms with van der Waals surface area (Å²) in [6.07, 6.45) is 34.3. The lowest BCUT2D eigenvalue weighted by Crippen LogP contribution is -2.22. The van der Waals surface area contributed by atoms with Crippen molar-refractivity contribution in [1.29, 1.82) is 0 Å². The summed E-state index contributed by atoms with van der Waals surface area (Å²) in [6.45, 7) is 7.47. The Labute approximate surface area is 269 Å². The SMILES string of the molecule is CCCCCCCCCCCCn1ccnc1C(O)c1nc(COC2CCCCO2)cn1CCCCCCCCCCCC. The number of ether oxygens (including phenoxy) is 2. The van der Waals surface area contributed by atoms with Crippen LogP contribution in [0.4, 0.5) is 0 Å². The average Bonchev–Trinajstić information content (AvgIpc) is 3.69. The van der Waals surface area contributed by atoms with Gasteiger partial charge in [0.15, 0.2) is 12.4 Å². The minimum absolute atomic E-state index is 0.149. The Morgan fingerprint density at radius 2 is 1.30 bits per heavy atom. The van der Waals surface area contributed by atoms with E-state index in [1.807, 2.05) is 12.4 Å². The van der Waals surface area contributed by atoms with E-state index in [9.17, 15) is 5.11 Å². The third kappa shape index (κ3) is 14.6. The van der Waals surface area contributed by atoms with Crippen LogP contribution in [0.25, 0.3) is 0 Å². The van der Waals surface area contributed by atoms with Crippen LogP contribution >= 0.6 is 0 Å². The highest BCUT2D eigenvalue weighted by Gasteiger charge is 2.23. The Hall–Kier alpha value is -1.70. The predicted octanol–water partition coefficient (Wildman–Crippen LogP) is 10.0. The zero-order valence-corrected chi connectivity index (χ0v) is 28.5. The molecular formula is C37H66N4O3. The van der Waals surface area contributed by atoms with Crippen LogP contribution in [-0.2, 0) is 29.2 Å². The van der Waals surface area contributed by atoms with Crippen LogP contribution in [0.5, 0.6) is 0 Å². The maximum atomic E-state index is 11.6. The van der Waals surface area contributed by atoms with Crippen LogP contribution in [0.1, 0.15) is 185 Å². The van der Waals surface area contributed by atoms with E-state index in [2.05, 4.69) is 34.2 Å². The first-order chi connectivity index (χ1) is 21.7. The average molecular weight is 615 g/mol. The van der Waals surface area contributed by atoms with Gasteiger partial charge in [0.05, 0.1) is 12.3 Å². The molecule has 0 bridgehead atoms. The number of hydrogen-bond acceptors (Lipinski definition) is 5. The zero-order valence-electron chi connectivity index (χ0n) is 28.5. The van der Waals surface area contributed by atoms with Crippen LogP contribution < -0.4 is 0 Å². The highest BCUT2D eigenvalue weighted by atomic mass is 16.7. The molecule has 0 aliphatic carbocycles. The van der Waals surface area contributed by atoms with Crippen molar-refractivity contribution in [3.63, 3.8) is 0 Å². The normalized spacial score (nSPS) is 16.1. The summed E-state index contributed by atoms with van der Waals surface area (Å²) in [5.41, 5.74) is 0.855. The van der Waals surface area contributed by atoms with Gasteiger partial charge in [0.25, 0.3) is 0 Å². The number of aromatic nitrogens is 4.